The Hall–Kier alpha value is -2.90. The van der Waals surface area contributed by atoms with E-state index >= 15 is 0 Å². The van der Waals surface area contributed by atoms with Crippen LogP contribution in [-0.4, -0.2) is 34.2 Å². The summed E-state index contributed by atoms with van der Waals surface area (Å²) in [6, 6.07) is 26.4. The summed E-state index contributed by atoms with van der Waals surface area (Å²) in [4.78, 5) is 1.22. The standard InChI is InChI=1S/C25H25N3O2S2/c1-19-8-14-23(15-9-19)32-18-24-26-27-25(28(24)20-6-4-3-5-7-20)31-17-16-30-22-12-10-21(29-2)11-13-22/h3-15H,16-18H2,1-2H3. The van der Waals surface area contributed by atoms with Crippen molar-refractivity contribution in [2.24, 2.45) is 0 Å². The number of nitrogens with zero attached hydrogens (tertiary/aromatic N) is 3. The van der Waals surface area contributed by atoms with Crippen LogP contribution in [0.4, 0.5) is 0 Å². The summed E-state index contributed by atoms with van der Waals surface area (Å²) in [5, 5.41) is 9.84. The molecule has 0 atom stereocenters. The summed E-state index contributed by atoms with van der Waals surface area (Å²) in [6.07, 6.45) is 0. The van der Waals surface area contributed by atoms with Crippen molar-refractivity contribution in [1.82, 2.24) is 14.8 Å². The number of ether oxygens (including phenoxy) is 2. The Bertz CT molecular complexity index is 1110. The maximum absolute atomic E-state index is 5.86. The first-order chi connectivity index (χ1) is 15.7. The summed E-state index contributed by atoms with van der Waals surface area (Å²) in [5.74, 6) is 4.08. The van der Waals surface area contributed by atoms with Gasteiger partial charge in [-0.3, -0.25) is 4.57 Å². The quantitative estimate of drug-likeness (QED) is 0.211. The summed E-state index contributed by atoms with van der Waals surface area (Å²) >= 11 is 3.41. The molecular formula is C25H25N3O2S2. The van der Waals surface area contributed by atoms with Gasteiger partial charge in [0.1, 0.15) is 17.3 Å². The lowest BCUT2D eigenvalue weighted by atomic mass is 10.2. The van der Waals surface area contributed by atoms with E-state index in [0.717, 1.165) is 39.7 Å². The number of para-hydroxylation sites is 1. The maximum atomic E-state index is 5.86. The molecule has 7 heteroatoms. The molecule has 3 aromatic carbocycles. The van der Waals surface area contributed by atoms with Gasteiger partial charge in [-0.05, 0) is 55.5 Å². The molecule has 1 aromatic heterocycles. The number of benzene rings is 3. The van der Waals surface area contributed by atoms with Gasteiger partial charge in [-0.1, -0.05) is 47.7 Å². The molecule has 0 spiro atoms. The smallest absolute Gasteiger partial charge is 0.195 e. The Morgan fingerprint density at radius 1 is 0.812 bits per heavy atom. The highest BCUT2D eigenvalue weighted by molar-refractivity contribution is 7.99. The zero-order valence-corrected chi connectivity index (χ0v) is 19.7. The fourth-order valence-corrected chi connectivity index (χ4v) is 4.67. The van der Waals surface area contributed by atoms with Crippen LogP contribution in [0.5, 0.6) is 11.5 Å². The minimum atomic E-state index is 0.575. The van der Waals surface area contributed by atoms with Crippen LogP contribution in [0.25, 0.3) is 5.69 Å². The van der Waals surface area contributed by atoms with Crippen LogP contribution < -0.4 is 9.47 Å². The molecule has 0 fully saturated rings. The summed E-state index contributed by atoms with van der Waals surface area (Å²) in [6.45, 7) is 2.68. The van der Waals surface area contributed by atoms with E-state index in [1.54, 1.807) is 30.6 Å². The molecule has 32 heavy (non-hydrogen) atoms. The second-order valence-electron chi connectivity index (χ2n) is 7.04. The Morgan fingerprint density at radius 3 is 2.25 bits per heavy atom. The van der Waals surface area contributed by atoms with Crippen LogP contribution in [0.2, 0.25) is 0 Å². The predicted octanol–water partition coefficient (Wildman–Crippen LogP) is 6.05. The van der Waals surface area contributed by atoms with E-state index < -0.39 is 0 Å². The number of aromatic nitrogens is 3. The molecule has 0 aliphatic carbocycles. The third-order valence-corrected chi connectivity index (χ3v) is 6.65. The third kappa shape index (κ3) is 5.87. The Labute approximate surface area is 197 Å². The third-order valence-electron chi connectivity index (χ3n) is 4.75. The molecule has 4 rings (SSSR count). The molecule has 1 heterocycles. The van der Waals surface area contributed by atoms with Crippen molar-refractivity contribution in [2.45, 2.75) is 22.7 Å². The molecule has 0 bridgehead atoms. The van der Waals surface area contributed by atoms with Crippen molar-refractivity contribution in [3.63, 3.8) is 0 Å². The Balaban J connectivity index is 1.42. The lowest BCUT2D eigenvalue weighted by Crippen LogP contribution is -2.04. The first kappa shape index (κ1) is 22.3. The molecule has 4 aromatic rings. The molecular weight excluding hydrogens is 438 g/mol. The fourth-order valence-electron chi connectivity index (χ4n) is 3.07. The minimum Gasteiger partial charge on any atom is -0.497 e. The number of rotatable bonds is 10. The van der Waals surface area contributed by atoms with Gasteiger partial charge in [-0.2, -0.15) is 0 Å². The highest BCUT2D eigenvalue weighted by Crippen LogP contribution is 2.27. The predicted molar refractivity (Wildman–Crippen MR) is 131 cm³/mol. The van der Waals surface area contributed by atoms with Crippen LogP contribution in [0.15, 0.2) is 88.9 Å². The number of hydrogen-bond donors (Lipinski definition) is 0. The first-order valence-corrected chi connectivity index (χ1v) is 12.3. The monoisotopic (exact) mass is 463 g/mol. The van der Waals surface area contributed by atoms with Crippen molar-refractivity contribution in [3.8, 4) is 17.2 Å². The second kappa shape index (κ2) is 11.1. The van der Waals surface area contributed by atoms with E-state index in [-0.39, 0.29) is 0 Å². The van der Waals surface area contributed by atoms with Crippen LogP contribution >= 0.6 is 23.5 Å². The molecule has 0 aliphatic heterocycles. The summed E-state index contributed by atoms with van der Waals surface area (Å²) in [7, 11) is 1.66. The fraction of sp³-hybridized carbons (Fsp3) is 0.200. The topological polar surface area (TPSA) is 49.2 Å². The number of thioether (sulfide) groups is 2. The van der Waals surface area contributed by atoms with Crippen LogP contribution in [-0.2, 0) is 5.75 Å². The van der Waals surface area contributed by atoms with E-state index in [1.165, 1.54) is 10.5 Å². The molecule has 0 N–H and O–H groups in total. The first-order valence-electron chi connectivity index (χ1n) is 10.3. The largest absolute Gasteiger partial charge is 0.497 e. The molecule has 0 saturated heterocycles. The average molecular weight is 464 g/mol. The maximum Gasteiger partial charge on any atom is 0.195 e. The zero-order chi connectivity index (χ0) is 22.2. The average Bonchev–Trinajstić information content (AvgIpc) is 3.25. The van der Waals surface area contributed by atoms with Gasteiger partial charge < -0.3 is 9.47 Å². The van der Waals surface area contributed by atoms with Crippen molar-refractivity contribution in [1.29, 1.82) is 0 Å². The van der Waals surface area contributed by atoms with Crippen molar-refractivity contribution in [3.05, 3.63) is 90.3 Å². The molecule has 0 amide bonds. The van der Waals surface area contributed by atoms with Crippen LogP contribution in [0.3, 0.4) is 0 Å². The van der Waals surface area contributed by atoms with E-state index in [0.29, 0.717) is 6.61 Å². The van der Waals surface area contributed by atoms with Gasteiger partial charge in [0.2, 0.25) is 0 Å². The lowest BCUT2D eigenvalue weighted by Gasteiger charge is -2.11. The van der Waals surface area contributed by atoms with Crippen LogP contribution in [0.1, 0.15) is 11.4 Å². The summed E-state index contributed by atoms with van der Waals surface area (Å²) in [5.41, 5.74) is 2.33. The highest BCUT2D eigenvalue weighted by Gasteiger charge is 2.15. The van der Waals surface area contributed by atoms with E-state index in [1.807, 2.05) is 42.5 Å². The number of methoxy groups -OCH3 is 1. The van der Waals surface area contributed by atoms with Crippen molar-refractivity contribution < 1.29 is 9.47 Å². The molecule has 164 valence electrons. The SMILES string of the molecule is COc1ccc(OCCSc2nnc(CSc3ccc(C)cc3)n2-c2ccccc2)cc1. The van der Waals surface area contributed by atoms with E-state index in [2.05, 4.69) is 58.1 Å². The molecule has 0 unspecified atom stereocenters. The lowest BCUT2D eigenvalue weighted by molar-refractivity contribution is 0.342. The molecule has 0 saturated carbocycles. The normalized spacial score (nSPS) is 10.8. The van der Waals surface area contributed by atoms with Crippen LogP contribution in [0, 0.1) is 6.92 Å². The van der Waals surface area contributed by atoms with Gasteiger partial charge in [-0.15, -0.1) is 22.0 Å². The minimum absolute atomic E-state index is 0.575. The van der Waals surface area contributed by atoms with Gasteiger partial charge in [0.15, 0.2) is 5.16 Å². The van der Waals surface area contributed by atoms with E-state index in [9.17, 15) is 0 Å². The molecule has 5 nitrogen and oxygen atoms in total. The van der Waals surface area contributed by atoms with E-state index in [4.69, 9.17) is 9.47 Å². The molecule has 0 radical (unpaired) electrons. The van der Waals surface area contributed by atoms with Gasteiger partial charge in [0.05, 0.1) is 19.5 Å². The molecule has 0 aliphatic rings. The Morgan fingerprint density at radius 2 is 1.53 bits per heavy atom. The van der Waals surface area contributed by atoms with Crippen molar-refractivity contribution in [2.75, 3.05) is 19.5 Å². The van der Waals surface area contributed by atoms with Gasteiger partial charge >= 0.3 is 0 Å². The van der Waals surface area contributed by atoms with Crippen molar-refractivity contribution >= 4 is 23.5 Å². The summed E-state index contributed by atoms with van der Waals surface area (Å²) < 4.78 is 13.2. The van der Waals surface area contributed by atoms with Gasteiger partial charge in [0.25, 0.3) is 0 Å². The highest BCUT2D eigenvalue weighted by atomic mass is 32.2. The van der Waals surface area contributed by atoms with Gasteiger partial charge in [0, 0.05) is 16.3 Å². The Kier molecular flexibility index (Phi) is 7.74. The number of aryl methyl sites for hydroxylation is 1. The van der Waals surface area contributed by atoms with Gasteiger partial charge in [-0.25, -0.2) is 0 Å². The zero-order valence-electron chi connectivity index (χ0n) is 18.1. The number of hydrogen-bond acceptors (Lipinski definition) is 6. The second-order valence-corrected chi connectivity index (χ2v) is 9.15.